The van der Waals surface area contributed by atoms with Crippen molar-refractivity contribution in [1.29, 1.82) is 0 Å². The maximum Gasteiger partial charge on any atom is 0.264 e. The van der Waals surface area contributed by atoms with Crippen molar-refractivity contribution in [1.82, 2.24) is 19.4 Å². The molecule has 0 aromatic carbocycles. The Morgan fingerprint density at radius 3 is 2.91 bits per heavy atom. The molecule has 1 aliphatic rings. The molecule has 3 heterocycles. The van der Waals surface area contributed by atoms with Crippen LogP contribution in [0.5, 0.6) is 0 Å². The first-order valence-electron chi connectivity index (χ1n) is 8.26. The number of hydrogen-bond donors (Lipinski definition) is 0. The summed E-state index contributed by atoms with van der Waals surface area (Å²) in [4.78, 5) is 22.5. The summed E-state index contributed by atoms with van der Waals surface area (Å²) >= 11 is 1.51. The van der Waals surface area contributed by atoms with Gasteiger partial charge in [-0.2, -0.15) is 0 Å². The lowest BCUT2D eigenvalue weighted by Crippen LogP contribution is -2.39. The molecule has 23 heavy (non-hydrogen) atoms. The molecule has 0 aliphatic carbocycles. The van der Waals surface area contributed by atoms with Crippen LogP contribution in [-0.4, -0.2) is 51.4 Å². The first-order valence-corrected chi connectivity index (χ1v) is 9.14. The van der Waals surface area contributed by atoms with Crippen LogP contribution in [0.25, 0.3) is 0 Å². The lowest BCUT2D eigenvalue weighted by atomic mass is 10.1. The van der Waals surface area contributed by atoms with Gasteiger partial charge in [-0.05, 0) is 24.5 Å². The van der Waals surface area contributed by atoms with E-state index in [0.29, 0.717) is 12.5 Å². The Kier molecular flexibility index (Phi) is 5.13. The highest BCUT2D eigenvalue weighted by Crippen LogP contribution is 2.20. The van der Waals surface area contributed by atoms with Gasteiger partial charge in [0.1, 0.15) is 5.82 Å². The quantitative estimate of drug-likeness (QED) is 0.845. The molecule has 0 fully saturated rings. The van der Waals surface area contributed by atoms with Crippen molar-refractivity contribution >= 4 is 17.2 Å². The van der Waals surface area contributed by atoms with Gasteiger partial charge >= 0.3 is 0 Å². The van der Waals surface area contributed by atoms with Crippen LogP contribution in [-0.2, 0) is 13.1 Å². The third kappa shape index (κ3) is 3.64. The molecule has 0 saturated carbocycles. The molecular weight excluding hydrogens is 308 g/mol. The van der Waals surface area contributed by atoms with Gasteiger partial charge in [0.2, 0.25) is 0 Å². The fourth-order valence-corrected chi connectivity index (χ4v) is 3.90. The maximum atomic E-state index is 12.8. The smallest absolute Gasteiger partial charge is 0.264 e. The summed E-state index contributed by atoms with van der Waals surface area (Å²) in [7, 11) is 0. The van der Waals surface area contributed by atoms with E-state index in [1.54, 1.807) is 0 Å². The number of imidazole rings is 1. The number of thiophene rings is 1. The van der Waals surface area contributed by atoms with E-state index in [1.807, 2.05) is 34.8 Å². The van der Waals surface area contributed by atoms with Crippen molar-refractivity contribution in [2.45, 2.75) is 26.9 Å². The maximum absolute atomic E-state index is 12.8. The number of hydrogen-bond acceptors (Lipinski definition) is 4. The summed E-state index contributed by atoms with van der Waals surface area (Å²) in [6, 6.07) is 3.84. The Bertz CT molecular complexity index is 633. The van der Waals surface area contributed by atoms with Gasteiger partial charge < -0.3 is 14.4 Å². The first kappa shape index (κ1) is 16.2. The summed E-state index contributed by atoms with van der Waals surface area (Å²) in [5.74, 6) is 1.53. The van der Waals surface area contributed by atoms with E-state index in [0.717, 1.165) is 43.4 Å². The third-order valence-corrected chi connectivity index (χ3v) is 5.36. The van der Waals surface area contributed by atoms with E-state index >= 15 is 0 Å². The standard InChI is InChI=1S/C17H24N4OS/c1-3-19(4-2)10-14-11-20-8-7-18-16(20)13-21(12-14)17(22)15-6-5-9-23-15/h5-9,14H,3-4,10-13H2,1-2H3/t14-/m0/s1. The Morgan fingerprint density at radius 2 is 2.22 bits per heavy atom. The second-order valence-electron chi connectivity index (χ2n) is 6.01. The van der Waals surface area contributed by atoms with Gasteiger partial charge in [-0.15, -0.1) is 11.3 Å². The number of carbonyl (C=O) groups excluding carboxylic acids is 1. The monoisotopic (exact) mass is 332 g/mol. The minimum atomic E-state index is 0.126. The van der Waals surface area contributed by atoms with Crippen molar-refractivity contribution in [3.05, 3.63) is 40.6 Å². The predicted molar refractivity (Wildman–Crippen MR) is 92.6 cm³/mol. The number of nitrogens with zero attached hydrogens (tertiary/aromatic N) is 4. The highest BCUT2D eigenvalue weighted by molar-refractivity contribution is 7.12. The predicted octanol–water partition coefficient (Wildman–Crippen LogP) is 2.56. The van der Waals surface area contributed by atoms with Gasteiger partial charge in [0, 0.05) is 37.9 Å². The molecule has 6 heteroatoms. The minimum absolute atomic E-state index is 0.126. The minimum Gasteiger partial charge on any atom is -0.333 e. The van der Waals surface area contributed by atoms with Crippen LogP contribution in [0.3, 0.4) is 0 Å². The van der Waals surface area contributed by atoms with Crippen LogP contribution < -0.4 is 0 Å². The molecular formula is C17H24N4OS. The highest BCUT2D eigenvalue weighted by Gasteiger charge is 2.27. The molecule has 5 nitrogen and oxygen atoms in total. The lowest BCUT2D eigenvalue weighted by molar-refractivity contribution is 0.0709. The Labute approximate surface area is 141 Å². The normalized spacial score (nSPS) is 18.0. The molecule has 1 amide bonds. The largest absolute Gasteiger partial charge is 0.333 e. The van der Waals surface area contributed by atoms with E-state index in [4.69, 9.17) is 0 Å². The molecule has 0 N–H and O–H groups in total. The molecule has 0 saturated heterocycles. The highest BCUT2D eigenvalue weighted by atomic mass is 32.1. The fraction of sp³-hybridized carbons (Fsp3) is 0.529. The van der Waals surface area contributed by atoms with Gasteiger partial charge in [-0.25, -0.2) is 4.98 Å². The van der Waals surface area contributed by atoms with Gasteiger partial charge in [0.15, 0.2) is 0 Å². The number of fused-ring (bicyclic) bond motifs is 1. The molecule has 0 bridgehead atoms. The zero-order valence-corrected chi connectivity index (χ0v) is 14.6. The topological polar surface area (TPSA) is 41.4 Å². The van der Waals surface area contributed by atoms with Crippen molar-refractivity contribution in [2.24, 2.45) is 5.92 Å². The SMILES string of the molecule is CCN(CC)C[C@@H]1CN(C(=O)c2cccs2)Cc2nccn2C1. The molecule has 0 unspecified atom stereocenters. The van der Waals surface area contributed by atoms with Gasteiger partial charge in [0.25, 0.3) is 5.91 Å². The Morgan fingerprint density at radius 1 is 1.39 bits per heavy atom. The van der Waals surface area contributed by atoms with Crippen LogP contribution in [0.4, 0.5) is 0 Å². The van der Waals surface area contributed by atoms with Gasteiger partial charge in [0.05, 0.1) is 11.4 Å². The van der Waals surface area contributed by atoms with Crippen LogP contribution >= 0.6 is 11.3 Å². The average molecular weight is 332 g/mol. The molecule has 2 aromatic heterocycles. The Hall–Kier alpha value is -1.66. The van der Waals surface area contributed by atoms with Gasteiger partial charge in [-0.3, -0.25) is 4.79 Å². The third-order valence-electron chi connectivity index (χ3n) is 4.50. The first-order chi connectivity index (χ1) is 11.2. The summed E-state index contributed by atoms with van der Waals surface area (Å²) in [6.45, 7) is 9.80. The second kappa shape index (κ2) is 7.27. The summed E-state index contributed by atoms with van der Waals surface area (Å²) in [5.41, 5.74) is 0. The molecule has 1 aliphatic heterocycles. The van der Waals surface area contributed by atoms with Crippen LogP contribution in [0.2, 0.25) is 0 Å². The van der Waals surface area contributed by atoms with Crippen molar-refractivity contribution in [3.8, 4) is 0 Å². The molecule has 124 valence electrons. The molecule has 0 radical (unpaired) electrons. The summed E-state index contributed by atoms with van der Waals surface area (Å²) in [5, 5.41) is 1.96. The second-order valence-corrected chi connectivity index (χ2v) is 6.96. The van der Waals surface area contributed by atoms with Crippen molar-refractivity contribution in [3.63, 3.8) is 0 Å². The number of rotatable bonds is 5. The van der Waals surface area contributed by atoms with E-state index in [9.17, 15) is 4.79 Å². The van der Waals surface area contributed by atoms with E-state index in [2.05, 4.69) is 28.3 Å². The van der Waals surface area contributed by atoms with Crippen LogP contribution in [0, 0.1) is 5.92 Å². The van der Waals surface area contributed by atoms with E-state index < -0.39 is 0 Å². The zero-order chi connectivity index (χ0) is 16.2. The number of aromatic nitrogens is 2. The van der Waals surface area contributed by atoms with Crippen molar-refractivity contribution in [2.75, 3.05) is 26.2 Å². The Balaban J connectivity index is 1.81. The lowest BCUT2D eigenvalue weighted by Gasteiger charge is -2.28. The number of amides is 1. The van der Waals surface area contributed by atoms with E-state index in [1.165, 1.54) is 11.3 Å². The average Bonchev–Trinajstić information content (AvgIpc) is 3.21. The van der Waals surface area contributed by atoms with Crippen molar-refractivity contribution < 1.29 is 4.79 Å². The van der Waals surface area contributed by atoms with E-state index in [-0.39, 0.29) is 5.91 Å². The number of carbonyl (C=O) groups is 1. The summed E-state index contributed by atoms with van der Waals surface area (Å²) < 4.78 is 2.20. The fourth-order valence-electron chi connectivity index (χ4n) is 3.21. The van der Waals surface area contributed by atoms with Crippen LogP contribution in [0.15, 0.2) is 29.9 Å². The molecule has 1 atom stereocenters. The molecule has 2 aromatic rings. The molecule has 3 rings (SSSR count). The summed E-state index contributed by atoms with van der Waals surface area (Å²) in [6.07, 6.45) is 3.87. The van der Waals surface area contributed by atoms with Gasteiger partial charge in [-0.1, -0.05) is 19.9 Å². The zero-order valence-electron chi connectivity index (χ0n) is 13.8. The van der Waals surface area contributed by atoms with Crippen LogP contribution in [0.1, 0.15) is 29.3 Å². The molecule has 0 spiro atoms.